The summed E-state index contributed by atoms with van der Waals surface area (Å²) in [5, 5.41) is 11.9. The maximum atomic E-state index is 12.8. The molecule has 0 aromatic rings. The van der Waals surface area contributed by atoms with Crippen molar-refractivity contribution in [2.45, 2.75) is 212 Å². The summed E-state index contributed by atoms with van der Waals surface area (Å²) in [6.45, 7) is 4.88. The van der Waals surface area contributed by atoms with Crippen LogP contribution in [0.15, 0.2) is 48.6 Å². The molecule has 0 fully saturated rings. The SMILES string of the molecule is CCCCC/C=C\C/C=C\CCCCCCCC(=O)OC(CCC/C=C\C/C=C\CCCCC)CCCCCCCC(=O)NC(CCCN)C(=O)O. The first-order chi connectivity index (χ1) is 25.4. The normalized spacial score (nSPS) is 13.1. The predicted molar refractivity (Wildman–Crippen MR) is 220 cm³/mol. The smallest absolute Gasteiger partial charge is 0.326 e. The number of ether oxygens (including phenoxy) is 1. The molecule has 0 saturated carbocycles. The van der Waals surface area contributed by atoms with Crippen LogP contribution in [0.4, 0.5) is 0 Å². The van der Waals surface area contributed by atoms with Crippen LogP contribution in [0, 0.1) is 0 Å². The van der Waals surface area contributed by atoms with Crippen LogP contribution in [-0.4, -0.2) is 41.6 Å². The van der Waals surface area contributed by atoms with Crippen molar-refractivity contribution in [3.8, 4) is 0 Å². The standard InChI is InChI=1S/C45H80N2O5/c1-3-5-7-9-11-13-15-16-17-18-20-22-24-29-33-39-44(49)52-41(35-30-26-23-21-19-14-12-10-8-6-4-2)36-31-27-25-28-32-38-43(48)47-42(45(50)51)37-34-40-46/h11-14,16-17,21,23,41-42H,3-10,15,18-20,22,24-40,46H2,1-2H3,(H,47,48)(H,50,51)/b13-11-,14-12-,17-16-,23-21-. The van der Waals surface area contributed by atoms with Gasteiger partial charge in [-0.15, -0.1) is 0 Å². The first kappa shape index (κ1) is 49.3. The number of amides is 1. The molecule has 0 aliphatic rings. The number of allylic oxidation sites excluding steroid dienone is 8. The third-order valence-electron chi connectivity index (χ3n) is 9.37. The summed E-state index contributed by atoms with van der Waals surface area (Å²) >= 11 is 0. The summed E-state index contributed by atoms with van der Waals surface area (Å²) in [6, 6.07) is -0.863. The van der Waals surface area contributed by atoms with Gasteiger partial charge in [0.1, 0.15) is 12.1 Å². The van der Waals surface area contributed by atoms with Gasteiger partial charge in [0.25, 0.3) is 0 Å². The zero-order valence-electron chi connectivity index (χ0n) is 33.6. The third-order valence-corrected chi connectivity index (χ3v) is 9.37. The van der Waals surface area contributed by atoms with Gasteiger partial charge < -0.3 is 20.9 Å². The number of aliphatic carboxylic acids is 1. The minimum atomic E-state index is -1.01. The molecule has 2 unspecified atom stereocenters. The molecular formula is C45H80N2O5. The molecule has 0 aliphatic carbocycles. The molecule has 4 N–H and O–H groups in total. The molecule has 0 bridgehead atoms. The van der Waals surface area contributed by atoms with Crippen molar-refractivity contribution >= 4 is 17.8 Å². The molecule has 2 atom stereocenters. The Kier molecular flexibility index (Phi) is 37.5. The molecule has 1 amide bonds. The molecule has 0 saturated heterocycles. The third kappa shape index (κ3) is 35.7. The Balaban J connectivity index is 4.39. The number of hydrogen-bond donors (Lipinski definition) is 3. The number of hydrogen-bond acceptors (Lipinski definition) is 5. The van der Waals surface area contributed by atoms with Crippen LogP contribution in [0.25, 0.3) is 0 Å². The molecule has 0 radical (unpaired) electrons. The number of unbranched alkanes of at least 4 members (excludes halogenated alkanes) is 16. The van der Waals surface area contributed by atoms with Crippen LogP contribution < -0.4 is 11.1 Å². The minimum Gasteiger partial charge on any atom is -0.480 e. The minimum absolute atomic E-state index is 0.0374. The fraction of sp³-hybridized carbons (Fsp3) is 0.756. The zero-order chi connectivity index (χ0) is 38.2. The van der Waals surface area contributed by atoms with E-state index in [-0.39, 0.29) is 18.0 Å². The number of esters is 1. The van der Waals surface area contributed by atoms with Crippen molar-refractivity contribution in [2.24, 2.45) is 5.73 Å². The summed E-state index contributed by atoms with van der Waals surface area (Å²) < 4.78 is 6.01. The van der Waals surface area contributed by atoms with Crippen LogP contribution in [0.3, 0.4) is 0 Å². The van der Waals surface area contributed by atoms with E-state index in [1.54, 1.807) is 0 Å². The molecule has 0 aliphatic heterocycles. The van der Waals surface area contributed by atoms with E-state index in [0.29, 0.717) is 32.2 Å². The van der Waals surface area contributed by atoms with Crippen LogP contribution in [-0.2, 0) is 19.1 Å². The lowest BCUT2D eigenvalue weighted by atomic mass is 10.0. The quantitative estimate of drug-likeness (QED) is 0.0331. The predicted octanol–water partition coefficient (Wildman–Crippen LogP) is 12.0. The van der Waals surface area contributed by atoms with Gasteiger partial charge in [0.05, 0.1) is 0 Å². The molecule has 0 heterocycles. The second kappa shape index (κ2) is 39.5. The number of carboxylic acid groups (broad SMARTS) is 1. The first-order valence-corrected chi connectivity index (χ1v) is 21.5. The van der Waals surface area contributed by atoms with Crippen molar-refractivity contribution in [1.29, 1.82) is 0 Å². The summed E-state index contributed by atoms with van der Waals surface area (Å²) in [4.78, 5) is 36.3. The van der Waals surface area contributed by atoms with Crippen LogP contribution in [0.1, 0.15) is 200 Å². The van der Waals surface area contributed by atoms with Crippen molar-refractivity contribution in [3.05, 3.63) is 48.6 Å². The van der Waals surface area contributed by atoms with E-state index in [1.807, 2.05) is 0 Å². The largest absolute Gasteiger partial charge is 0.480 e. The highest BCUT2D eigenvalue weighted by molar-refractivity contribution is 5.83. The zero-order valence-corrected chi connectivity index (χ0v) is 33.6. The van der Waals surface area contributed by atoms with Gasteiger partial charge in [-0.2, -0.15) is 0 Å². The van der Waals surface area contributed by atoms with Crippen LogP contribution in [0.2, 0.25) is 0 Å². The summed E-state index contributed by atoms with van der Waals surface area (Å²) in [7, 11) is 0. The Hall–Kier alpha value is -2.67. The van der Waals surface area contributed by atoms with Gasteiger partial charge in [0, 0.05) is 12.8 Å². The van der Waals surface area contributed by atoms with Crippen LogP contribution in [0.5, 0.6) is 0 Å². The monoisotopic (exact) mass is 729 g/mol. The van der Waals surface area contributed by atoms with Gasteiger partial charge in [0.2, 0.25) is 5.91 Å². The van der Waals surface area contributed by atoms with Gasteiger partial charge in [-0.25, -0.2) is 4.79 Å². The van der Waals surface area contributed by atoms with E-state index in [4.69, 9.17) is 10.5 Å². The highest BCUT2D eigenvalue weighted by atomic mass is 16.5. The average Bonchev–Trinajstić information content (AvgIpc) is 3.13. The number of carboxylic acids is 1. The Morgan fingerprint density at radius 3 is 1.56 bits per heavy atom. The van der Waals surface area contributed by atoms with Crippen molar-refractivity contribution in [1.82, 2.24) is 5.32 Å². The highest BCUT2D eigenvalue weighted by Gasteiger charge is 2.19. The Labute approximate surface area is 319 Å². The maximum Gasteiger partial charge on any atom is 0.326 e. The van der Waals surface area contributed by atoms with Gasteiger partial charge >= 0.3 is 11.9 Å². The second-order valence-electron chi connectivity index (χ2n) is 14.4. The van der Waals surface area contributed by atoms with Crippen LogP contribution >= 0.6 is 0 Å². The van der Waals surface area contributed by atoms with E-state index in [0.717, 1.165) is 96.3 Å². The average molecular weight is 729 g/mol. The maximum absolute atomic E-state index is 12.8. The van der Waals surface area contributed by atoms with Gasteiger partial charge in [0.15, 0.2) is 0 Å². The summed E-state index contributed by atoms with van der Waals surface area (Å²) in [5.41, 5.74) is 5.48. The Morgan fingerprint density at radius 1 is 0.558 bits per heavy atom. The fourth-order valence-electron chi connectivity index (χ4n) is 6.10. The van der Waals surface area contributed by atoms with E-state index < -0.39 is 12.0 Å². The fourth-order valence-corrected chi connectivity index (χ4v) is 6.10. The Morgan fingerprint density at radius 2 is 1.02 bits per heavy atom. The molecule has 7 nitrogen and oxygen atoms in total. The summed E-state index contributed by atoms with van der Waals surface area (Å²) in [6.07, 6.45) is 47.2. The van der Waals surface area contributed by atoms with E-state index >= 15 is 0 Å². The lowest BCUT2D eigenvalue weighted by molar-refractivity contribution is -0.150. The molecule has 0 spiro atoms. The number of carbonyl (C=O) groups excluding carboxylic acids is 2. The molecule has 300 valence electrons. The lowest BCUT2D eigenvalue weighted by Crippen LogP contribution is -2.40. The highest BCUT2D eigenvalue weighted by Crippen LogP contribution is 2.18. The van der Waals surface area contributed by atoms with Gasteiger partial charge in [-0.1, -0.05) is 127 Å². The van der Waals surface area contributed by atoms with Gasteiger partial charge in [-0.3, -0.25) is 9.59 Å². The molecule has 0 aromatic carbocycles. The topological polar surface area (TPSA) is 119 Å². The van der Waals surface area contributed by atoms with E-state index in [2.05, 4.69) is 67.8 Å². The summed E-state index contributed by atoms with van der Waals surface area (Å²) in [5.74, 6) is -1.28. The number of rotatable bonds is 38. The van der Waals surface area contributed by atoms with Crippen molar-refractivity contribution in [3.63, 3.8) is 0 Å². The van der Waals surface area contributed by atoms with Crippen molar-refractivity contribution < 1.29 is 24.2 Å². The Bertz CT molecular complexity index is 957. The molecule has 7 heteroatoms. The van der Waals surface area contributed by atoms with Crippen molar-refractivity contribution in [2.75, 3.05) is 6.54 Å². The molecule has 0 rings (SSSR count). The number of nitrogens with two attached hydrogens (primary N) is 1. The first-order valence-electron chi connectivity index (χ1n) is 21.5. The second-order valence-corrected chi connectivity index (χ2v) is 14.4. The van der Waals surface area contributed by atoms with Gasteiger partial charge in [-0.05, 0) is 116 Å². The number of carbonyl (C=O) groups is 3. The number of nitrogens with one attached hydrogen (secondary N) is 1. The molecular weight excluding hydrogens is 649 g/mol. The molecule has 0 aromatic heterocycles. The van der Waals surface area contributed by atoms with E-state index in [9.17, 15) is 19.5 Å². The lowest BCUT2D eigenvalue weighted by Gasteiger charge is -2.18. The van der Waals surface area contributed by atoms with E-state index in [1.165, 1.54) is 64.2 Å². The molecule has 52 heavy (non-hydrogen) atoms.